The van der Waals surface area contributed by atoms with Gasteiger partial charge in [-0.25, -0.2) is 4.39 Å². The minimum absolute atomic E-state index is 0.00462. The maximum atomic E-state index is 13.3. The van der Waals surface area contributed by atoms with E-state index in [-0.39, 0.29) is 29.8 Å². The largest absolute Gasteiger partial charge is 0.496 e. The Hall–Kier alpha value is -2.11. The number of benzene rings is 1. The molecule has 0 aromatic heterocycles. The van der Waals surface area contributed by atoms with Crippen LogP contribution in [-0.2, 0) is 4.79 Å². The second-order valence-corrected chi connectivity index (χ2v) is 4.89. The first-order valence-electron chi connectivity index (χ1n) is 6.81. The van der Waals surface area contributed by atoms with E-state index in [1.54, 1.807) is 6.92 Å². The number of rotatable bonds is 6. The molecule has 21 heavy (non-hydrogen) atoms. The second kappa shape index (κ2) is 7.61. The highest BCUT2D eigenvalue weighted by Gasteiger charge is 2.21. The van der Waals surface area contributed by atoms with Gasteiger partial charge in [-0.1, -0.05) is 0 Å². The van der Waals surface area contributed by atoms with Gasteiger partial charge in [-0.15, -0.1) is 0 Å². The normalized spacial score (nSPS) is 10.4. The Morgan fingerprint density at radius 1 is 1.38 bits per heavy atom. The van der Waals surface area contributed by atoms with Crippen molar-refractivity contribution in [1.82, 2.24) is 10.2 Å². The molecule has 1 rings (SSSR count). The Labute approximate surface area is 124 Å². The molecule has 0 aliphatic heterocycles. The fraction of sp³-hybridized carbons (Fsp3) is 0.467. The molecule has 0 spiro atoms. The molecule has 0 aliphatic rings. The van der Waals surface area contributed by atoms with Gasteiger partial charge in [0.1, 0.15) is 11.6 Å². The van der Waals surface area contributed by atoms with Crippen molar-refractivity contribution < 1.29 is 18.7 Å². The maximum absolute atomic E-state index is 13.3. The first kappa shape index (κ1) is 16.9. The first-order valence-corrected chi connectivity index (χ1v) is 6.81. The van der Waals surface area contributed by atoms with Crippen molar-refractivity contribution in [2.75, 3.05) is 20.2 Å². The number of ether oxygens (including phenoxy) is 1. The minimum atomic E-state index is -0.526. The molecule has 5 nitrogen and oxygen atoms in total. The van der Waals surface area contributed by atoms with Crippen LogP contribution in [0.15, 0.2) is 18.2 Å². The number of halogens is 1. The van der Waals surface area contributed by atoms with E-state index in [2.05, 4.69) is 5.32 Å². The van der Waals surface area contributed by atoms with Crippen LogP contribution in [-0.4, -0.2) is 43.0 Å². The molecule has 0 atom stereocenters. The predicted octanol–water partition coefficient (Wildman–Crippen LogP) is 1.82. The Morgan fingerprint density at radius 3 is 2.57 bits per heavy atom. The molecule has 0 saturated heterocycles. The summed E-state index contributed by atoms with van der Waals surface area (Å²) in [5.41, 5.74) is 0.108. The molecule has 116 valence electrons. The van der Waals surface area contributed by atoms with Crippen LogP contribution in [0.3, 0.4) is 0 Å². The van der Waals surface area contributed by atoms with Gasteiger partial charge in [-0.05, 0) is 39.0 Å². The van der Waals surface area contributed by atoms with Crippen molar-refractivity contribution in [3.8, 4) is 5.75 Å². The molecule has 0 unspecified atom stereocenters. The number of amides is 2. The molecule has 0 radical (unpaired) electrons. The van der Waals surface area contributed by atoms with Gasteiger partial charge in [0, 0.05) is 12.6 Å². The Balaban J connectivity index is 2.93. The number of nitrogens with zero attached hydrogens (tertiary/aromatic N) is 1. The topological polar surface area (TPSA) is 58.6 Å². The fourth-order valence-electron chi connectivity index (χ4n) is 1.89. The monoisotopic (exact) mass is 296 g/mol. The highest BCUT2D eigenvalue weighted by Crippen LogP contribution is 2.21. The molecule has 1 aromatic rings. The molecular formula is C15H21FN2O3. The Kier molecular flexibility index (Phi) is 6.14. The standard InChI is InChI=1S/C15H21FN2O3/c1-5-18(9-14(19)17-10(2)3)15(20)12-8-11(16)6-7-13(12)21-4/h6-8,10H,5,9H2,1-4H3,(H,17,19). The van der Waals surface area contributed by atoms with Crippen LogP contribution in [0.1, 0.15) is 31.1 Å². The minimum Gasteiger partial charge on any atom is -0.496 e. The lowest BCUT2D eigenvalue weighted by Crippen LogP contribution is -2.42. The average molecular weight is 296 g/mol. The molecule has 6 heteroatoms. The van der Waals surface area contributed by atoms with E-state index in [1.165, 1.54) is 24.1 Å². The van der Waals surface area contributed by atoms with Crippen molar-refractivity contribution >= 4 is 11.8 Å². The van der Waals surface area contributed by atoms with Crippen LogP contribution < -0.4 is 10.1 Å². The van der Waals surface area contributed by atoms with Gasteiger partial charge in [0.2, 0.25) is 5.91 Å². The van der Waals surface area contributed by atoms with Crippen molar-refractivity contribution in [3.05, 3.63) is 29.6 Å². The zero-order chi connectivity index (χ0) is 16.0. The molecule has 0 fully saturated rings. The smallest absolute Gasteiger partial charge is 0.258 e. The van der Waals surface area contributed by atoms with Gasteiger partial charge in [0.05, 0.1) is 19.2 Å². The third-order valence-electron chi connectivity index (χ3n) is 2.84. The van der Waals surface area contributed by atoms with Gasteiger partial charge in [0.15, 0.2) is 0 Å². The van der Waals surface area contributed by atoms with Crippen LogP contribution in [0.2, 0.25) is 0 Å². The number of nitrogens with one attached hydrogen (secondary N) is 1. The summed E-state index contributed by atoms with van der Waals surface area (Å²) in [7, 11) is 1.41. The zero-order valence-electron chi connectivity index (χ0n) is 12.8. The average Bonchev–Trinajstić information content (AvgIpc) is 2.43. The third kappa shape index (κ3) is 4.73. The summed E-state index contributed by atoms with van der Waals surface area (Å²) >= 11 is 0. The molecular weight excluding hydrogens is 275 g/mol. The van der Waals surface area contributed by atoms with Gasteiger partial charge in [-0.3, -0.25) is 9.59 Å². The Morgan fingerprint density at radius 2 is 2.05 bits per heavy atom. The van der Waals surface area contributed by atoms with Crippen molar-refractivity contribution in [1.29, 1.82) is 0 Å². The van der Waals surface area contributed by atoms with E-state index >= 15 is 0 Å². The van der Waals surface area contributed by atoms with E-state index in [4.69, 9.17) is 4.74 Å². The summed E-state index contributed by atoms with van der Waals surface area (Å²) in [6, 6.07) is 3.72. The molecule has 0 saturated carbocycles. The molecule has 1 N–H and O–H groups in total. The van der Waals surface area contributed by atoms with E-state index in [0.717, 1.165) is 6.07 Å². The van der Waals surface area contributed by atoms with Crippen LogP contribution in [0.4, 0.5) is 4.39 Å². The predicted molar refractivity (Wildman–Crippen MR) is 77.8 cm³/mol. The fourth-order valence-corrected chi connectivity index (χ4v) is 1.89. The van der Waals surface area contributed by atoms with Gasteiger partial charge in [-0.2, -0.15) is 0 Å². The number of hydrogen-bond acceptors (Lipinski definition) is 3. The third-order valence-corrected chi connectivity index (χ3v) is 2.84. The molecule has 2 amide bonds. The highest BCUT2D eigenvalue weighted by atomic mass is 19.1. The van der Waals surface area contributed by atoms with Crippen LogP contribution >= 0.6 is 0 Å². The summed E-state index contributed by atoms with van der Waals surface area (Å²) in [6.45, 7) is 5.70. The SMILES string of the molecule is CCN(CC(=O)NC(C)C)C(=O)c1cc(F)ccc1OC. The van der Waals surface area contributed by atoms with E-state index in [9.17, 15) is 14.0 Å². The summed E-state index contributed by atoms with van der Waals surface area (Å²) < 4.78 is 18.4. The number of carbonyl (C=O) groups is 2. The van der Waals surface area contributed by atoms with Crippen molar-refractivity contribution in [2.45, 2.75) is 26.8 Å². The first-order chi connectivity index (χ1) is 9.88. The lowest BCUT2D eigenvalue weighted by molar-refractivity contribution is -0.122. The van der Waals surface area contributed by atoms with Crippen LogP contribution in [0.25, 0.3) is 0 Å². The molecule has 0 heterocycles. The number of likely N-dealkylation sites (N-methyl/N-ethyl adjacent to an activating group) is 1. The molecule has 0 aliphatic carbocycles. The highest BCUT2D eigenvalue weighted by molar-refractivity contribution is 5.98. The number of methoxy groups -OCH3 is 1. The lowest BCUT2D eigenvalue weighted by atomic mass is 10.1. The summed E-state index contributed by atoms with van der Waals surface area (Å²) in [4.78, 5) is 25.5. The summed E-state index contributed by atoms with van der Waals surface area (Å²) in [5.74, 6) is -0.936. The van der Waals surface area contributed by atoms with E-state index in [0.29, 0.717) is 6.54 Å². The Bertz CT molecular complexity index is 518. The number of hydrogen-bond donors (Lipinski definition) is 1. The zero-order valence-corrected chi connectivity index (χ0v) is 12.8. The van der Waals surface area contributed by atoms with Gasteiger partial charge >= 0.3 is 0 Å². The summed E-state index contributed by atoms with van der Waals surface area (Å²) in [5, 5.41) is 2.72. The molecule has 1 aromatic carbocycles. The second-order valence-electron chi connectivity index (χ2n) is 4.89. The van der Waals surface area contributed by atoms with E-state index in [1.807, 2.05) is 13.8 Å². The van der Waals surface area contributed by atoms with Crippen molar-refractivity contribution in [2.24, 2.45) is 0 Å². The van der Waals surface area contributed by atoms with Crippen LogP contribution in [0.5, 0.6) is 5.75 Å². The lowest BCUT2D eigenvalue weighted by Gasteiger charge is -2.22. The number of carbonyl (C=O) groups excluding carboxylic acids is 2. The quantitative estimate of drug-likeness (QED) is 0.871. The summed E-state index contributed by atoms with van der Waals surface area (Å²) in [6.07, 6.45) is 0. The van der Waals surface area contributed by atoms with Gasteiger partial charge in [0.25, 0.3) is 5.91 Å². The van der Waals surface area contributed by atoms with Crippen LogP contribution in [0, 0.1) is 5.82 Å². The van der Waals surface area contributed by atoms with Crippen molar-refractivity contribution in [3.63, 3.8) is 0 Å². The maximum Gasteiger partial charge on any atom is 0.258 e. The van der Waals surface area contributed by atoms with E-state index < -0.39 is 11.7 Å². The molecule has 0 bridgehead atoms. The van der Waals surface area contributed by atoms with Gasteiger partial charge < -0.3 is 15.0 Å².